The van der Waals surface area contributed by atoms with E-state index in [1.165, 1.54) is 6.92 Å². The third kappa shape index (κ3) is 6.14. The largest absolute Gasteiger partial charge is 0.461 e. The van der Waals surface area contributed by atoms with Crippen LogP contribution in [0.15, 0.2) is 24.3 Å². The molecular weight excluding hydrogens is 666 g/mol. The molecule has 3 aromatic rings. The number of nitrogens with zero attached hydrogens (tertiary/aromatic N) is 6. The van der Waals surface area contributed by atoms with Gasteiger partial charge in [0.05, 0.1) is 47.4 Å². The summed E-state index contributed by atoms with van der Waals surface area (Å²) in [5.41, 5.74) is 6.37. The highest BCUT2D eigenvalue weighted by molar-refractivity contribution is 5.97. The standard InChI is InChI=1S/C37H39F4N7O3/c1-3-6-23-13-26(42)32(38)30(31(23)37(39,40)41)29-15-27-25(19-50-29)34(44-35(43-27)51-20-36-9-4-11-47(36)17-21(2)16-36)46-10-5-12-48-24(18-46)14-28(45-48)33(49)22-7-8-22/h13-14,22,29H,2,4-5,7-12,15-20,42H2,1H3/t29-,36-/m1/s1. The predicted octanol–water partition coefficient (Wildman–Crippen LogP) is 5.77. The van der Waals surface area contributed by atoms with E-state index < -0.39 is 40.5 Å². The second-order valence-electron chi connectivity index (χ2n) is 14.4. The van der Waals surface area contributed by atoms with Crippen molar-refractivity contribution in [1.29, 1.82) is 0 Å². The lowest BCUT2D eigenvalue weighted by Gasteiger charge is -2.33. The number of carbonyl (C=O) groups is 1. The zero-order valence-corrected chi connectivity index (χ0v) is 28.4. The molecule has 0 radical (unpaired) electrons. The Hall–Kier alpha value is -4.48. The zero-order chi connectivity index (χ0) is 35.7. The first kappa shape index (κ1) is 33.7. The molecule has 4 aliphatic heterocycles. The number of benzene rings is 1. The number of anilines is 2. The topological polar surface area (TPSA) is 112 Å². The fourth-order valence-corrected chi connectivity index (χ4v) is 8.25. The maximum atomic E-state index is 15.7. The minimum Gasteiger partial charge on any atom is -0.461 e. The number of ether oxygens (including phenoxy) is 2. The Morgan fingerprint density at radius 3 is 2.76 bits per heavy atom. The fourth-order valence-electron chi connectivity index (χ4n) is 8.25. The molecule has 6 heterocycles. The van der Waals surface area contributed by atoms with Gasteiger partial charge in [0.1, 0.15) is 18.1 Å². The molecule has 268 valence electrons. The van der Waals surface area contributed by atoms with Crippen LogP contribution in [-0.2, 0) is 37.0 Å². The molecule has 0 amide bonds. The Balaban J connectivity index is 1.18. The van der Waals surface area contributed by atoms with E-state index in [1.807, 2.05) is 10.7 Å². The molecular formula is C37H39F4N7O3. The molecule has 0 unspecified atom stereocenters. The van der Waals surface area contributed by atoms with Crippen molar-refractivity contribution in [2.75, 3.05) is 36.9 Å². The number of ketones is 1. The van der Waals surface area contributed by atoms with Crippen LogP contribution >= 0.6 is 0 Å². The molecule has 0 bridgehead atoms. The molecule has 2 saturated heterocycles. The maximum absolute atomic E-state index is 15.7. The van der Waals surface area contributed by atoms with E-state index in [0.29, 0.717) is 55.4 Å². The first-order valence-electron chi connectivity index (χ1n) is 17.5. The predicted molar refractivity (Wildman–Crippen MR) is 179 cm³/mol. The van der Waals surface area contributed by atoms with Gasteiger partial charge in [-0.1, -0.05) is 18.1 Å². The minimum absolute atomic E-state index is 0.0407. The summed E-state index contributed by atoms with van der Waals surface area (Å²) in [7, 11) is 0. The average Bonchev–Trinajstić information content (AvgIpc) is 3.71. The summed E-state index contributed by atoms with van der Waals surface area (Å²) in [5, 5.41) is 4.62. The molecule has 2 aromatic heterocycles. The van der Waals surface area contributed by atoms with Crippen LogP contribution in [0.5, 0.6) is 6.01 Å². The van der Waals surface area contributed by atoms with Gasteiger partial charge in [0.25, 0.3) is 0 Å². The summed E-state index contributed by atoms with van der Waals surface area (Å²) in [4.78, 5) is 26.9. The Morgan fingerprint density at radius 1 is 1.18 bits per heavy atom. The normalized spacial score (nSPS) is 23.3. The molecule has 5 aliphatic rings. The summed E-state index contributed by atoms with van der Waals surface area (Å²) in [5.74, 6) is 4.36. The lowest BCUT2D eigenvalue weighted by atomic mass is 9.91. The number of aromatic nitrogens is 4. The lowest BCUT2D eigenvalue weighted by Crippen LogP contribution is -2.43. The molecule has 10 nitrogen and oxygen atoms in total. The number of halogens is 4. The highest BCUT2D eigenvalue weighted by Gasteiger charge is 2.47. The number of nitrogens with two attached hydrogens (primary N) is 1. The van der Waals surface area contributed by atoms with Crippen LogP contribution in [0.25, 0.3) is 0 Å². The Bertz CT molecular complexity index is 2000. The van der Waals surface area contributed by atoms with E-state index in [1.54, 1.807) is 0 Å². The van der Waals surface area contributed by atoms with Crippen molar-refractivity contribution >= 4 is 17.3 Å². The Kier molecular flexibility index (Phi) is 8.33. The quantitative estimate of drug-likeness (QED) is 0.108. The second kappa shape index (κ2) is 12.6. The maximum Gasteiger partial charge on any atom is 0.418 e. The van der Waals surface area contributed by atoms with Crippen molar-refractivity contribution in [3.8, 4) is 17.9 Å². The van der Waals surface area contributed by atoms with Crippen molar-refractivity contribution in [1.82, 2.24) is 24.6 Å². The number of carbonyl (C=O) groups excluding carboxylic acids is 1. The average molecular weight is 706 g/mol. The van der Waals surface area contributed by atoms with Crippen LogP contribution in [0.3, 0.4) is 0 Å². The number of alkyl halides is 3. The molecule has 1 aromatic carbocycles. The first-order valence-corrected chi connectivity index (χ1v) is 17.5. The van der Waals surface area contributed by atoms with Gasteiger partial charge in [-0.05, 0) is 64.1 Å². The monoisotopic (exact) mass is 705 g/mol. The van der Waals surface area contributed by atoms with Crippen LogP contribution in [0.2, 0.25) is 0 Å². The van der Waals surface area contributed by atoms with Gasteiger partial charge < -0.3 is 20.1 Å². The highest BCUT2D eigenvalue weighted by atomic mass is 19.4. The molecule has 1 saturated carbocycles. The van der Waals surface area contributed by atoms with E-state index in [0.717, 1.165) is 62.5 Å². The molecule has 0 spiro atoms. The fraction of sp³-hybridized carbons (Fsp3) is 0.514. The smallest absolute Gasteiger partial charge is 0.418 e. The van der Waals surface area contributed by atoms with E-state index in [9.17, 15) is 18.0 Å². The number of Topliss-reactive ketones (excluding diaryl/α,β-unsaturated/α-hetero) is 1. The summed E-state index contributed by atoms with van der Waals surface area (Å²) in [6.07, 6.45) is -1.21. The molecule has 1 aliphatic carbocycles. The van der Waals surface area contributed by atoms with Crippen molar-refractivity contribution in [3.05, 3.63) is 69.4 Å². The van der Waals surface area contributed by atoms with E-state index in [-0.39, 0.29) is 36.3 Å². The van der Waals surface area contributed by atoms with Crippen LogP contribution < -0.4 is 15.4 Å². The molecule has 8 rings (SSSR count). The molecule has 2 N–H and O–H groups in total. The summed E-state index contributed by atoms with van der Waals surface area (Å²) < 4.78 is 73.8. The number of hydrogen-bond acceptors (Lipinski definition) is 9. The summed E-state index contributed by atoms with van der Waals surface area (Å²) >= 11 is 0. The first-order chi connectivity index (χ1) is 24.4. The minimum atomic E-state index is -4.93. The van der Waals surface area contributed by atoms with Gasteiger partial charge >= 0.3 is 12.2 Å². The van der Waals surface area contributed by atoms with Gasteiger partial charge in [-0.2, -0.15) is 28.2 Å². The highest BCUT2D eigenvalue weighted by Crippen LogP contribution is 2.45. The van der Waals surface area contributed by atoms with Gasteiger partial charge in [0.2, 0.25) is 0 Å². The van der Waals surface area contributed by atoms with Gasteiger partial charge in [0.15, 0.2) is 11.6 Å². The van der Waals surface area contributed by atoms with Crippen molar-refractivity contribution in [2.24, 2.45) is 5.92 Å². The van der Waals surface area contributed by atoms with Crippen LogP contribution in [0.4, 0.5) is 29.1 Å². The number of nitrogen functional groups attached to an aromatic ring is 1. The molecule has 51 heavy (non-hydrogen) atoms. The van der Waals surface area contributed by atoms with Gasteiger partial charge in [-0.25, -0.2) is 4.39 Å². The van der Waals surface area contributed by atoms with Crippen molar-refractivity contribution in [3.63, 3.8) is 0 Å². The van der Waals surface area contributed by atoms with Crippen LogP contribution in [0.1, 0.15) is 95.7 Å². The second-order valence-corrected chi connectivity index (χ2v) is 14.4. The van der Waals surface area contributed by atoms with Crippen LogP contribution in [0, 0.1) is 23.6 Å². The lowest BCUT2D eigenvalue weighted by molar-refractivity contribution is -0.140. The van der Waals surface area contributed by atoms with E-state index in [2.05, 4.69) is 33.3 Å². The summed E-state index contributed by atoms with van der Waals surface area (Å²) in [6, 6.07) is 2.85. The van der Waals surface area contributed by atoms with E-state index in [4.69, 9.17) is 25.2 Å². The molecule has 2 atom stereocenters. The number of rotatable bonds is 7. The third-order valence-corrected chi connectivity index (χ3v) is 10.8. The van der Waals surface area contributed by atoms with Gasteiger partial charge in [-0.3, -0.25) is 14.4 Å². The Labute approximate surface area is 293 Å². The van der Waals surface area contributed by atoms with Gasteiger partial charge in [-0.15, -0.1) is 5.92 Å². The van der Waals surface area contributed by atoms with E-state index >= 15 is 4.39 Å². The molecule has 3 fully saturated rings. The molecule has 14 heteroatoms. The van der Waals surface area contributed by atoms with Gasteiger partial charge in [0, 0.05) is 48.7 Å². The number of fused-ring (bicyclic) bond motifs is 3. The SMILES string of the molecule is C=C1CN2CCC[C@]2(COc2nc3c(c(N4CCCn5nc(C(=O)C6CC6)cc5C4)n2)CO[C@@H](c2c(F)c(N)cc(C#CC)c2C(F)(F)F)C3)C1. The van der Waals surface area contributed by atoms with Crippen LogP contribution in [-0.4, -0.2) is 62.2 Å². The van der Waals surface area contributed by atoms with Crippen molar-refractivity contribution < 1.29 is 31.8 Å². The Morgan fingerprint density at radius 2 is 2.00 bits per heavy atom. The number of hydrogen-bond donors (Lipinski definition) is 1. The number of aryl methyl sites for hydroxylation is 1. The third-order valence-electron chi connectivity index (χ3n) is 10.8. The van der Waals surface area contributed by atoms with Crippen molar-refractivity contribution in [2.45, 2.75) is 89.4 Å². The zero-order valence-electron chi connectivity index (χ0n) is 28.4. The summed E-state index contributed by atoms with van der Waals surface area (Å²) in [6.45, 7) is 9.10.